The molecule has 0 aromatic heterocycles. The summed E-state index contributed by atoms with van der Waals surface area (Å²) in [6, 6.07) is 13.3. The second-order valence-corrected chi connectivity index (χ2v) is 4.18. The molecular formula is C17H16FNO2. The van der Waals surface area contributed by atoms with E-state index in [4.69, 9.17) is 15.2 Å². The first kappa shape index (κ1) is 14.9. The van der Waals surface area contributed by atoms with Crippen LogP contribution in [0, 0.1) is 17.7 Å². The highest BCUT2D eigenvalue weighted by Gasteiger charge is 1.96. The fraction of sp³-hybridized carbons (Fsp3) is 0.176. The second kappa shape index (κ2) is 7.93. The normalized spacial score (nSPS) is 9.62. The number of nitrogens with two attached hydrogens (primary N) is 1. The Balaban J connectivity index is 1.74. The molecule has 0 aliphatic heterocycles. The van der Waals surface area contributed by atoms with Gasteiger partial charge in [-0.25, -0.2) is 4.39 Å². The van der Waals surface area contributed by atoms with Gasteiger partial charge in [-0.3, -0.25) is 0 Å². The molecule has 0 saturated carbocycles. The monoisotopic (exact) mass is 285 g/mol. The molecule has 2 rings (SSSR count). The quantitative estimate of drug-likeness (QED) is 0.678. The van der Waals surface area contributed by atoms with Crippen molar-refractivity contribution in [1.82, 2.24) is 0 Å². The van der Waals surface area contributed by atoms with Crippen LogP contribution in [0.15, 0.2) is 48.5 Å². The maximum atomic E-state index is 12.7. The zero-order chi connectivity index (χ0) is 14.9. The summed E-state index contributed by atoms with van der Waals surface area (Å²) in [4.78, 5) is 0. The molecule has 2 N–H and O–H groups in total. The topological polar surface area (TPSA) is 44.5 Å². The van der Waals surface area contributed by atoms with Gasteiger partial charge >= 0.3 is 0 Å². The Labute approximate surface area is 123 Å². The van der Waals surface area contributed by atoms with Crippen LogP contribution in [0.5, 0.6) is 11.5 Å². The van der Waals surface area contributed by atoms with Crippen LogP contribution in [0.4, 0.5) is 4.39 Å². The minimum Gasteiger partial charge on any atom is -0.490 e. The smallest absolute Gasteiger partial charge is 0.123 e. The molecule has 0 aliphatic rings. The minimum atomic E-state index is -0.281. The highest BCUT2D eigenvalue weighted by atomic mass is 19.1. The molecule has 0 saturated heterocycles. The zero-order valence-electron chi connectivity index (χ0n) is 11.5. The molecule has 4 heteroatoms. The van der Waals surface area contributed by atoms with Gasteiger partial charge in [0, 0.05) is 5.56 Å². The molecule has 0 fully saturated rings. The highest BCUT2D eigenvalue weighted by Crippen LogP contribution is 2.13. The summed E-state index contributed by atoms with van der Waals surface area (Å²) in [5, 5.41) is 0. The first-order valence-corrected chi connectivity index (χ1v) is 6.58. The molecule has 2 aromatic carbocycles. The van der Waals surface area contributed by atoms with Crippen molar-refractivity contribution in [2.24, 2.45) is 5.73 Å². The number of hydrogen-bond acceptors (Lipinski definition) is 3. The number of ether oxygens (including phenoxy) is 2. The van der Waals surface area contributed by atoms with Gasteiger partial charge in [-0.2, -0.15) is 0 Å². The lowest BCUT2D eigenvalue weighted by Gasteiger charge is -2.08. The van der Waals surface area contributed by atoms with E-state index >= 15 is 0 Å². The van der Waals surface area contributed by atoms with Crippen molar-refractivity contribution in [3.8, 4) is 23.3 Å². The molecule has 0 spiro atoms. The third kappa shape index (κ3) is 5.17. The van der Waals surface area contributed by atoms with E-state index in [2.05, 4.69) is 11.8 Å². The van der Waals surface area contributed by atoms with E-state index in [0.717, 1.165) is 11.3 Å². The fourth-order valence-electron chi connectivity index (χ4n) is 1.64. The van der Waals surface area contributed by atoms with Crippen LogP contribution < -0.4 is 15.2 Å². The average Bonchev–Trinajstić information content (AvgIpc) is 2.52. The predicted octanol–water partition coefficient (Wildman–Crippen LogP) is 2.59. The molecule has 0 radical (unpaired) electrons. The summed E-state index contributed by atoms with van der Waals surface area (Å²) in [6.07, 6.45) is 0. The third-order valence-electron chi connectivity index (χ3n) is 2.62. The van der Waals surface area contributed by atoms with Crippen molar-refractivity contribution in [3.63, 3.8) is 0 Å². The van der Waals surface area contributed by atoms with E-state index in [0.29, 0.717) is 25.5 Å². The predicted molar refractivity (Wildman–Crippen MR) is 79.8 cm³/mol. The lowest BCUT2D eigenvalue weighted by Crippen LogP contribution is -2.08. The standard InChI is InChI=1S/C17H16FNO2/c18-15-5-9-17(10-6-15)21-13-12-20-16-7-3-14(4-8-16)2-1-11-19/h3-10H,11-13,19H2. The van der Waals surface area contributed by atoms with Crippen LogP contribution in [-0.4, -0.2) is 19.8 Å². The van der Waals surface area contributed by atoms with E-state index in [1.165, 1.54) is 12.1 Å². The Hall–Kier alpha value is -2.51. The Bertz CT molecular complexity index is 612. The minimum absolute atomic E-state index is 0.281. The molecular weight excluding hydrogens is 269 g/mol. The summed E-state index contributed by atoms with van der Waals surface area (Å²) in [5.41, 5.74) is 6.21. The van der Waals surface area contributed by atoms with Gasteiger partial charge in [0.1, 0.15) is 30.5 Å². The second-order valence-electron chi connectivity index (χ2n) is 4.18. The molecule has 0 atom stereocenters. The van der Waals surface area contributed by atoms with E-state index in [-0.39, 0.29) is 5.82 Å². The molecule has 2 aromatic rings. The molecule has 21 heavy (non-hydrogen) atoms. The lowest BCUT2D eigenvalue weighted by atomic mass is 10.2. The molecule has 0 bridgehead atoms. The number of halogens is 1. The molecule has 0 amide bonds. The van der Waals surface area contributed by atoms with Crippen LogP contribution in [0.3, 0.4) is 0 Å². The largest absolute Gasteiger partial charge is 0.490 e. The van der Waals surface area contributed by atoms with E-state index < -0.39 is 0 Å². The van der Waals surface area contributed by atoms with Gasteiger partial charge in [-0.1, -0.05) is 11.8 Å². The molecule has 3 nitrogen and oxygen atoms in total. The van der Waals surface area contributed by atoms with Gasteiger partial charge in [0.05, 0.1) is 6.54 Å². The van der Waals surface area contributed by atoms with Gasteiger partial charge in [-0.15, -0.1) is 0 Å². The Morgan fingerprint density at radius 3 is 1.90 bits per heavy atom. The number of hydrogen-bond donors (Lipinski definition) is 1. The van der Waals surface area contributed by atoms with E-state index in [9.17, 15) is 4.39 Å². The SMILES string of the molecule is NCC#Cc1ccc(OCCOc2ccc(F)cc2)cc1. The van der Waals surface area contributed by atoms with Crippen molar-refractivity contribution in [1.29, 1.82) is 0 Å². The average molecular weight is 285 g/mol. The van der Waals surface area contributed by atoms with Gasteiger partial charge < -0.3 is 15.2 Å². The van der Waals surface area contributed by atoms with Crippen molar-refractivity contribution < 1.29 is 13.9 Å². The maximum absolute atomic E-state index is 12.7. The molecule has 108 valence electrons. The fourth-order valence-corrected chi connectivity index (χ4v) is 1.64. The Morgan fingerprint density at radius 1 is 0.857 bits per heavy atom. The molecule has 0 heterocycles. The summed E-state index contributed by atoms with van der Waals surface area (Å²) < 4.78 is 23.7. The first-order valence-electron chi connectivity index (χ1n) is 6.58. The van der Waals surface area contributed by atoms with Crippen LogP contribution >= 0.6 is 0 Å². The van der Waals surface area contributed by atoms with Gasteiger partial charge in [0.2, 0.25) is 0 Å². The number of benzene rings is 2. The van der Waals surface area contributed by atoms with E-state index in [1.54, 1.807) is 12.1 Å². The van der Waals surface area contributed by atoms with Crippen molar-refractivity contribution in [2.75, 3.05) is 19.8 Å². The first-order chi connectivity index (χ1) is 10.3. The van der Waals surface area contributed by atoms with Crippen molar-refractivity contribution in [3.05, 3.63) is 59.9 Å². The van der Waals surface area contributed by atoms with Gasteiger partial charge in [0.25, 0.3) is 0 Å². The third-order valence-corrected chi connectivity index (χ3v) is 2.62. The van der Waals surface area contributed by atoms with Crippen LogP contribution in [-0.2, 0) is 0 Å². The Morgan fingerprint density at radius 2 is 1.38 bits per heavy atom. The lowest BCUT2D eigenvalue weighted by molar-refractivity contribution is 0.217. The zero-order valence-corrected chi connectivity index (χ0v) is 11.5. The summed E-state index contributed by atoms with van der Waals surface area (Å²) in [5.74, 6) is 6.81. The van der Waals surface area contributed by atoms with Gasteiger partial charge in [-0.05, 0) is 48.5 Å². The molecule has 0 aliphatic carbocycles. The van der Waals surface area contributed by atoms with Crippen molar-refractivity contribution in [2.45, 2.75) is 0 Å². The number of rotatable bonds is 5. The Kier molecular flexibility index (Phi) is 5.62. The summed E-state index contributed by atoms with van der Waals surface area (Å²) in [7, 11) is 0. The summed E-state index contributed by atoms with van der Waals surface area (Å²) in [6.45, 7) is 1.14. The van der Waals surface area contributed by atoms with Crippen LogP contribution in [0.2, 0.25) is 0 Å². The van der Waals surface area contributed by atoms with E-state index in [1.807, 2.05) is 24.3 Å². The molecule has 0 unspecified atom stereocenters. The van der Waals surface area contributed by atoms with Crippen molar-refractivity contribution >= 4 is 0 Å². The van der Waals surface area contributed by atoms with Gasteiger partial charge in [0.15, 0.2) is 0 Å². The van der Waals surface area contributed by atoms with Crippen LogP contribution in [0.1, 0.15) is 5.56 Å². The van der Waals surface area contributed by atoms with Crippen LogP contribution in [0.25, 0.3) is 0 Å². The summed E-state index contributed by atoms with van der Waals surface area (Å²) >= 11 is 0. The highest BCUT2D eigenvalue weighted by molar-refractivity contribution is 5.38. The maximum Gasteiger partial charge on any atom is 0.123 e.